The zero-order valence-electron chi connectivity index (χ0n) is 12.8. The number of piperazine rings is 1. The van der Waals surface area contributed by atoms with E-state index in [0.717, 1.165) is 32.1 Å². The summed E-state index contributed by atoms with van der Waals surface area (Å²) in [5, 5.41) is 9.25. The average Bonchev–Trinajstić information content (AvgIpc) is 3.18. The van der Waals surface area contributed by atoms with Crippen molar-refractivity contribution in [2.45, 2.75) is 26.2 Å². The van der Waals surface area contributed by atoms with Gasteiger partial charge in [-0.25, -0.2) is 4.79 Å². The molecule has 1 atom stereocenters. The zero-order valence-corrected chi connectivity index (χ0v) is 12.8. The number of likely N-dealkylation sites (tertiary alicyclic amines) is 1. The van der Waals surface area contributed by atoms with Crippen LogP contribution in [0.15, 0.2) is 0 Å². The highest BCUT2D eigenvalue weighted by molar-refractivity contribution is 5.79. The molecule has 0 spiro atoms. The number of carbonyl (C=O) groups is 2. The number of carbonyl (C=O) groups excluding carboxylic acids is 1. The molecular weight excluding hydrogens is 270 g/mol. The highest BCUT2D eigenvalue weighted by Crippen LogP contribution is 2.31. The third kappa shape index (κ3) is 3.15. The van der Waals surface area contributed by atoms with Crippen LogP contribution in [0.4, 0.5) is 4.79 Å². The first-order chi connectivity index (χ1) is 9.98. The number of rotatable bonds is 3. The Morgan fingerprint density at radius 3 is 2.29 bits per heavy atom. The molecule has 1 unspecified atom stereocenters. The molecule has 6 nitrogen and oxygen atoms in total. The largest absolute Gasteiger partial charge is 0.481 e. The number of amides is 2. The maximum Gasteiger partial charge on any atom is 0.320 e. The van der Waals surface area contributed by atoms with E-state index in [1.807, 2.05) is 4.90 Å². The van der Waals surface area contributed by atoms with Gasteiger partial charge < -0.3 is 14.9 Å². The second-order valence-corrected chi connectivity index (χ2v) is 7.05. The van der Waals surface area contributed by atoms with Crippen molar-refractivity contribution in [3.63, 3.8) is 0 Å². The highest BCUT2D eigenvalue weighted by Gasteiger charge is 2.43. The lowest BCUT2D eigenvalue weighted by Gasteiger charge is -2.36. The minimum atomic E-state index is -0.799. The summed E-state index contributed by atoms with van der Waals surface area (Å²) in [5.41, 5.74) is -0.774. The van der Waals surface area contributed by atoms with Gasteiger partial charge in [-0.15, -0.1) is 0 Å². The molecule has 2 heterocycles. The van der Waals surface area contributed by atoms with E-state index in [-0.39, 0.29) is 6.03 Å². The van der Waals surface area contributed by atoms with Crippen LogP contribution in [0.25, 0.3) is 0 Å². The summed E-state index contributed by atoms with van der Waals surface area (Å²) < 4.78 is 0. The van der Waals surface area contributed by atoms with Crippen LogP contribution in [0.1, 0.15) is 26.2 Å². The van der Waals surface area contributed by atoms with Crippen molar-refractivity contribution in [1.29, 1.82) is 0 Å². The Morgan fingerprint density at radius 2 is 1.76 bits per heavy atom. The number of hydrogen-bond donors (Lipinski definition) is 1. The third-order valence-corrected chi connectivity index (χ3v) is 5.12. The number of urea groups is 1. The molecule has 3 rings (SSSR count). The minimum absolute atomic E-state index is 0.0195. The molecule has 2 amide bonds. The molecule has 1 aliphatic carbocycles. The van der Waals surface area contributed by atoms with Crippen molar-refractivity contribution in [1.82, 2.24) is 14.7 Å². The van der Waals surface area contributed by atoms with Crippen LogP contribution >= 0.6 is 0 Å². The predicted molar refractivity (Wildman–Crippen MR) is 78.1 cm³/mol. The van der Waals surface area contributed by atoms with Gasteiger partial charge in [0.25, 0.3) is 0 Å². The minimum Gasteiger partial charge on any atom is -0.481 e. The average molecular weight is 295 g/mol. The molecule has 1 saturated carbocycles. The first-order valence-corrected chi connectivity index (χ1v) is 7.97. The molecule has 0 aromatic heterocycles. The Balaban J connectivity index is 1.49. The first-order valence-electron chi connectivity index (χ1n) is 7.97. The van der Waals surface area contributed by atoms with Crippen molar-refractivity contribution in [2.75, 3.05) is 45.8 Å². The van der Waals surface area contributed by atoms with Gasteiger partial charge in [0.15, 0.2) is 0 Å². The summed E-state index contributed by atoms with van der Waals surface area (Å²) in [6, 6.07) is 0.0195. The van der Waals surface area contributed by atoms with Crippen LogP contribution in [-0.4, -0.2) is 77.6 Å². The van der Waals surface area contributed by atoms with E-state index < -0.39 is 11.4 Å². The Kier molecular flexibility index (Phi) is 3.82. The maximum absolute atomic E-state index is 12.5. The summed E-state index contributed by atoms with van der Waals surface area (Å²) in [5.74, 6) is 0.0918. The summed E-state index contributed by atoms with van der Waals surface area (Å²) in [7, 11) is 0. The van der Waals surface area contributed by atoms with Gasteiger partial charge in [-0.2, -0.15) is 0 Å². The zero-order chi connectivity index (χ0) is 15.0. The van der Waals surface area contributed by atoms with E-state index in [0.29, 0.717) is 19.5 Å². The van der Waals surface area contributed by atoms with Crippen molar-refractivity contribution in [3.8, 4) is 0 Å². The Labute approximate surface area is 125 Å². The number of hydrogen-bond acceptors (Lipinski definition) is 3. The van der Waals surface area contributed by atoms with Crippen molar-refractivity contribution < 1.29 is 14.7 Å². The van der Waals surface area contributed by atoms with Gasteiger partial charge >= 0.3 is 12.0 Å². The molecule has 0 bridgehead atoms. The highest BCUT2D eigenvalue weighted by atomic mass is 16.4. The van der Waals surface area contributed by atoms with Gasteiger partial charge in [-0.3, -0.25) is 9.69 Å². The molecule has 0 aromatic rings. The smallest absolute Gasteiger partial charge is 0.320 e. The van der Waals surface area contributed by atoms with E-state index in [9.17, 15) is 14.7 Å². The molecule has 1 N–H and O–H groups in total. The summed E-state index contributed by atoms with van der Waals surface area (Å²) >= 11 is 0. The van der Waals surface area contributed by atoms with E-state index in [1.165, 1.54) is 19.4 Å². The Hall–Kier alpha value is -1.30. The lowest BCUT2D eigenvalue weighted by atomic mass is 9.90. The van der Waals surface area contributed by atoms with Crippen molar-refractivity contribution >= 4 is 12.0 Å². The van der Waals surface area contributed by atoms with Crippen LogP contribution < -0.4 is 0 Å². The Bertz CT molecular complexity index is 430. The van der Waals surface area contributed by atoms with E-state index >= 15 is 0 Å². The molecule has 6 heteroatoms. The fourth-order valence-electron chi connectivity index (χ4n) is 3.29. The first kappa shape index (κ1) is 14.6. The van der Waals surface area contributed by atoms with Gasteiger partial charge in [0.05, 0.1) is 5.41 Å². The molecule has 2 saturated heterocycles. The lowest BCUT2D eigenvalue weighted by molar-refractivity contribution is -0.147. The molecule has 0 aromatic carbocycles. The van der Waals surface area contributed by atoms with Gasteiger partial charge in [-0.05, 0) is 32.1 Å². The van der Waals surface area contributed by atoms with Crippen molar-refractivity contribution in [2.24, 2.45) is 11.3 Å². The summed E-state index contributed by atoms with van der Waals surface area (Å²) in [4.78, 5) is 29.8. The van der Waals surface area contributed by atoms with Gasteiger partial charge in [0.1, 0.15) is 0 Å². The molecule has 2 aliphatic heterocycles. The van der Waals surface area contributed by atoms with E-state index in [2.05, 4.69) is 4.90 Å². The van der Waals surface area contributed by atoms with Crippen LogP contribution in [0.5, 0.6) is 0 Å². The molecule has 118 valence electrons. The summed E-state index contributed by atoms with van der Waals surface area (Å²) in [6.07, 6.45) is 3.27. The third-order valence-electron chi connectivity index (χ3n) is 5.12. The van der Waals surface area contributed by atoms with E-state index in [1.54, 1.807) is 11.8 Å². The molecule has 3 aliphatic rings. The fraction of sp³-hybridized carbons (Fsp3) is 0.867. The van der Waals surface area contributed by atoms with Crippen molar-refractivity contribution in [3.05, 3.63) is 0 Å². The number of nitrogens with zero attached hydrogens (tertiary/aromatic N) is 3. The second kappa shape index (κ2) is 5.48. The lowest BCUT2D eigenvalue weighted by Crippen LogP contribution is -2.53. The van der Waals surface area contributed by atoms with Gasteiger partial charge in [-0.1, -0.05) is 0 Å². The topological polar surface area (TPSA) is 64.1 Å². The Morgan fingerprint density at radius 1 is 1.10 bits per heavy atom. The standard InChI is InChI=1S/C15H25N3O3/c1-15(13(19)20)4-5-18(11-15)14(21)17-8-6-16(7-9-17)10-12-2-3-12/h12H,2-11H2,1H3,(H,19,20). The van der Waals surface area contributed by atoms with E-state index in [4.69, 9.17) is 0 Å². The fourth-order valence-corrected chi connectivity index (χ4v) is 3.29. The number of carboxylic acids is 1. The quantitative estimate of drug-likeness (QED) is 0.841. The normalized spacial score (nSPS) is 30.7. The van der Waals surface area contributed by atoms with Gasteiger partial charge in [0, 0.05) is 45.8 Å². The maximum atomic E-state index is 12.5. The van der Waals surface area contributed by atoms with Crippen LogP contribution in [0.3, 0.4) is 0 Å². The second-order valence-electron chi connectivity index (χ2n) is 7.05. The van der Waals surface area contributed by atoms with Crippen LogP contribution in [0.2, 0.25) is 0 Å². The molecule has 0 radical (unpaired) electrons. The van der Waals surface area contributed by atoms with Gasteiger partial charge in [0.2, 0.25) is 0 Å². The number of aliphatic carboxylic acids is 1. The SMILES string of the molecule is CC1(C(=O)O)CCN(C(=O)N2CCN(CC3CC3)CC2)C1. The number of carboxylic acid groups (broad SMARTS) is 1. The van der Waals surface area contributed by atoms with Crippen LogP contribution in [0, 0.1) is 11.3 Å². The predicted octanol–water partition coefficient (Wildman–Crippen LogP) is 0.931. The monoisotopic (exact) mass is 295 g/mol. The molecule has 3 fully saturated rings. The summed E-state index contributed by atoms with van der Waals surface area (Å²) in [6.45, 7) is 7.25. The molecular formula is C15H25N3O3. The molecule has 21 heavy (non-hydrogen) atoms. The van der Waals surface area contributed by atoms with Crippen LogP contribution in [-0.2, 0) is 4.79 Å².